The van der Waals surface area contributed by atoms with Gasteiger partial charge in [0.1, 0.15) is 5.75 Å². The fourth-order valence-electron chi connectivity index (χ4n) is 1.63. The van der Waals surface area contributed by atoms with E-state index in [1.54, 1.807) is 0 Å². The minimum atomic E-state index is 0.0616. The molecule has 1 rings (SSSR count). The summed E-state index contributed by atoms with van der Waals surface area (Å²) in [6.45, 7) is 6.63. The molecular formula is C14H21NO2. The summed E-state index contributed by atoms with van der Waals surface area (Å²) in [5.41, 5.74) is 0.821. The van der Waals surface area contributed by atoms with Crippen LogP contribution >= 0.6 is 0 Å². The summed E-state index contributed by atoms with van der Waals surface area (Å²) in [4.78, 5) is 11.8. The number of nitrogens with one attached hydrogen (secondary N) is 1. The molecule has 1 aromatic rings. The molecule has 0 aromatic heterocycles. The summed E-state index contributed by atoms with van der Waals surface area (Å²) >= 11 is 0. The second-order valence-corrected chi connectivity index (χ2v) is 4.14. The first-order valence-electron chi connectivity index (χ1n) is 6.21. The molecule has 0 saturated carbocycles. The third kappa shape index (κ3) is 4.47. The molecule has 0 aliphatic heterocycles. The van der Waals surface area contributed by atoms with Gasteiger partial charge in [-0.1, -0.05) is 20.3 Å². The highest BCUT2D eigenvalue weighted by molar-refractivity contribution is 5.92. The highest BCUT2D eigenvalue weighted by Gasteiger charge is 2.11. The van der Waals surface area contributed by atoms with Crippen molar-refractivity contribution >= 4 is 11.6 Å². The van der Waals surface area contributed by atoms with E-state index in [0.29, 0.717) is 6.61 Å². The summed E-state index contributed by atoms with van der Waals surface area (Å²) in [7, 11) is 0. The van der Waals surface area contributed by atoms with E-state index in [-0.39, 0.29) is 11.8 Å². The molecule has 1 amide bonds. The van der Waals surface area contributed by atoms with Gasteiger partial charge >= 0.3 is 0 Å². The number of rotatable bonds is 6. The van der Waals surface area contributed by atoms with Crippen molar-refractivity contribution in [2.75, 3.05) is 11.9 Å². The quantitative estimate of drug-likeness (QED) is 0.820. The van der Waals surface area contributed by atoms with Crippen LogP contribution in [0.3, 0.4) is 0 Å². The largest absolute Gasteiger partial charge is 0.494 e. The number of anilines is 1. The highest BCUT2D eigenvalue weighted by atomic mass is 16.5. The first-order valence-corrected chi connectivity index (χ1v) is 6.21. The second kappa shape index (κ2) is 6.94. The zero-order chi connectivity index (χ0) is 12.7. The number of amides is 1. The van der Waals surface area contributed by atoms with Gasteiger partial charge in [-0.25, -0.2) is 0 Å². The fourth-order valence-corrected chi connectivity index (χ4v) is 1.63. The number of carbonyl (C=O) groups is 1. The van der Waals surface area contributed by atoms with Crippen LogP contribution in [0.25, 0.3) is 0 Å². The van der Waals surface area contributed by atoms with Crippen molar-refractivity contribution in [3.63, 3.8) is 0 Å². The van der Waals surface area contributed by atoms with Crippen LogP contribution in [0.1, 0.15) is 33.6 Å². The van der Waals surface area contributed by atoms with E-state index < -0.39 is 0 Å². The molecule has 0 saturated heterocycles. The maximum absolute atomic E-state index is 11.8. The molecule has 1 unspecified atom stereocenters. The molecule has 0 radical (unpaired) electrons. The predicted molar refractivity (Wildman–Crippen MR) is 70.3 cm³/mol. The van der Waals surface area contributed by atoms with E-state index >= 15 is 0 Å². The first-order chi connectivity index (χ1) is 8.17. The molecule has 1 aromatic carbocycles. The monoisotopic (exact) mass is 235 g/mol. The smallest absolute Gasteiger partial charge is 0.227 e. The van der Waals surface area contributed by atoms with Crippen molar-refractivity contribution in [2.45, 2.75) is 33.6 Å². The zero-order valence-electron chi connectivity index (χ0n) is 10.8. The molecule has 3 nitrogen and oxygen atoms in total. The number of carbonyl (C=O) groups excluding carboxylic acids is 1. The van der Waals surface area contributed by atoms with Crippen LogP contribution in [-0.2, 0) is 4.79 Å². The minimum Gasteiger partial charge on any atom is -0.494 e. The lowest BCUT2D eigenvalue weighted by Crippen LogP contribution is -2.20. The van der Waals surface area contributed by atoms with E-state index in [1.165, 1.54) is 0 Å². The van der Waals surface area contributed by atoms with Gasteiger partial charge in [-0.05, 0) is 37.6 Å². The van der Waals surface area contributed by atoms with Crippen LogP contribution in [0.5, 0.6) is 5.75 Å². The van der Waals surface area contributed by atoms with E-state index in [9.17, 15) is 4.79 Å². The summed E-state index contributed by atoms with van der Waals surface area (Å²) < 4.78 is 5.34. The van der Waals surface area contributed by atoms with Gasteiger partial charge < -0.3 is 10.1 Å². The van der Waals surface area contributed by atoms with E-state index in [1.807, 2.05) is 38.1 Å². The summed E-state index contributed by atoms with van der Waals surface area (Å²) in [6.07, 6.45) is 1.95. The molecule has 0 bridgehead atoms. The number of hydrogen-bond donors (Lipinski definition) is 1. The molecule has 94 valence electrons. The van der Waals surface area contributed by atoms with Gasteiger partial charge in [-0.15, -0.1) is 0 Å². The van der Waals surface area contributed by atoms with Crippen LogP contribution in [0.4, 0.5) is 5.69 Å². The molecule has 1 N–H and O–H groups in total. The number of benzene rings is 1. The SMILES string of the molecule is CCCC(C)C(=O)Nc1ccc(OCC)cc1. The predicted octanol–water partition coefficient (Wildman–Crippen LogP) is 3.46. The Balaban J connectivity index is 2.53. The van der Waals surface area contributed by atoms with Gasteiger partial charge in [0.25, 0.3) is 0 Å². The van der Waals surface area contributed by atoms with Crippen LogP contribution in [0.2, 0.25) is 0 Å². The van der Waals surface area contributed by atoms with Crippen molar-refractivity contribution in [3.05, 3.63) is 24.3 Å². The Morgan fingerprint density at radius 2 is 1.94 bits per heavy atom. The maximum Gasteiger partial charge on any atom is 0.227 e. The summed E-state index contributed by atoms with van der Waals surface area (Å²) in [5.74, 6) is 0.967. The molecule has 0 heterocycles. The Morgan fingerprint density at radius 3 is 2.47 bits per heavy atom. The van der Waals surface area contributed by atoms with Gasteiger partial charge in [-0.3, -0.25) is 4.79 Å². The van der Waals surface area contributed by atoms with Crippen molar-refractivity contribution in [2.24, 2.45) is 5.92 Å². The first kappa shape index (κ1) is 13.6. The molecule has 0 aliphatic carbocycles. The molecule has 17 heavy (non-hydrogen) atoms. The van der Waals surface area contributed by atoms with Crippen LogP contribution in [0, 0.1) is 5.92 Å². The molecule has 0 aliphatic rings. The normalized spacial score (nSPS) is 11.9. The van der Waals surface area contributed by atoms with Crippen LogP contribution in [0.15, 0.2) is 24.3 Å². The lowest BCUT2D eigenvalue weighted by molar-refractivity contribution is -0.119. The third-order valence-corrected chi connectivity index (χ3v) is 2.60. The van der Waals surface area contributed by atoms with Gasteiger partial charge in [-0.2, -0.15) is 0 Å². The van der Waals surface area contributed by atoms with Crippen molar-refractivity contribution < 1.29 is 9.53 Å². The van der Waals surface area contributed by atoms with Crippen molar-refractivity contribution in [1.82, 2.24) is 0 Å². The van der Waals surface area contributed by atoms with E-state index in [0.717, 1.165) is 24.3 Å². The lowest BCUT2D eigenvalue weighted by Gasteiger charge is -2.11. The zero-order valence-corrected chi connectivity index (χ0v) is 10.8. The Kier molecular flexibility index (Phi) is 5.53. The van der Waals surface area contributed by atoms with Gasteiger partial charge in [0.2, 0.25) is 5.91 Å². The van der Waals surface area contributed by atoms with Gasteiger partial charge in [0, 0.05) is 11.6 Å². The standard InChI is InChI=1S/C14H21NO2/c1-4-6-11(3)14(16)15-12-7-9-13(10-8-12)17-5-2/h7-11H,4-6H2,1-3H3,(H,15,16). The summed E-state index contributed by atoms with van der Waals surface area (Å²) in [5, 5.41) is 2.90. The fraction of sp³-hybridized carbons (Fsp3) is 0.500. The Bertz CT molecular complexity index is 346. The molecule has 0 spiro atoms. The van der Waals surface area contributed by atoms with Crippen molar-refractivity contribution in [3.8, 4) is 5.75 Å². The maximum atomic E-state index is 11.8. The average molecular weight is 235 g/mol. The second-order valence-electron chi connectivity index (χ2n) is 4.14. The third-order valence-electron chi connectivity index (χ3n) is 2.60. The minimum absolute atomic E-state index is 0.0616. The Morgan fingerprint density at radius 1 is 1.29 bits per heavy atom. The van der Waals surface area contributed by atoms with Crippen molar-refractivity contribution in [1.29, 1.82) is 0 Å². The van der Waals surface area contributed by atoms with Crippen LogP contribution < -0.4 is 10.1 Å². The Labute approximate surface area is 103 Å². The van der Waals surface area contributed by atoms with Gasteiger partial charge in [0.15, 0.2) is 0 Å². The van der Waals surface area contributed by atoms with Crippen LogP contribution in [-0.4, -0.2) is 12.5 Å². The molecule has 0 fully saturated rings. The molecule has 3 heteroatoms. The number of ether oxygens (including phenoxy) is 1. The summed E-state index contributed by atoms with van der Waals surface area (Å²) in [6, 6.07) is 7.45. The van der Waals surface area contributed by atoms with E-state index in [2.05, 4.69) is 12.2 Å². The highest BCUT2D eigenvalue weighted by Crippen LogP contribution is 2.17. The molecular weight excluding hydrogens is 214 g/mol. The van der Waals surface area contributed by atoms with E-state index in [4.69, 9.17) is 4.74 Å². The average Bonchev–Trinajstić information content (AvgIpc) is 2.32. The van der Waals surface area contributed by atoms with Gasteiger partial charge in [0.05, 0.1) is 6.61 Å². The topological polar surface area (TPSA) is 38.3 Å². The Hall–Kier alpha value is -1.51. The molecule has 1 atom stereocenters. The number of hydrogen-bond acceptors (Lipinski definition) is 2. The lowest BCUT2D eigenvalue weighted by atomic mass is 10.1.